The zero-order chi connectivity index (χ0) is 13.5. The molecule has 0 saturated carbocycles. The predicted octanol–water partition coefficient (Wildman–Crippen LogP) is 3.30. The average Bonchev–Trinajstić information content (AvgIpc) is 2.34. The molecule has 96 valence electrons. The Hall–Kier alpha value is -1.09. The fourth-order valence-electron chi connectivity index (χ4n) is 1.68. The number of rotatable bonds is 5. The van der Waals surface area contributed by atoms with E-state index in [0.29, 0.717) is 31.0 Å². The standard InChI is InChI=1S/C14H17IN2O/c1-11(2)10-17(9-3-8-16)14(18)12-4-6-13(15)7-5-12/h4-7,11H,3,9-10H2,1-2H3. The molecule has 1 amide bonds. The van der Waals surface area contributed by atoms with Crippen LogP contribution in [0.3, 0.4) is 0 Å². The Balaban J connectivity index is 2.81. The van der Waals surface area contributed by atoms with Crippen LogP contribution in [0, 0.1) is 20.8 Å². The summed E-state index contributed by atoms with van der Waals surface area (Å²) in [6, 6.07) is 9.61. The van der Waals surface area contributed by atoms with E-state index in [1.807, 2.05) is 24.3 Å². The van der Waals surface area contributed by atoms with Crippen molar-refractivity contribution in [3.8, 4) is 6.07 Å². The lowest BCUT2D eigenvalue weighted by Gasteiger charge is -2.23. The highest BCUT2D eigenvalue weighted by molar-refractivity contribution is 14.1. The third kappa shape index (κ3) is 4.65. The summed E-state index contributed by atoms with van der Waals surface area (Å²) in [6.45, 7) is 5.33. The van der Waals surface area contributed by atoms with Crippen LogP contribution in [0.4, 0.5) is 0 Å². The number of benzene rings is 1. The van der Waals surface area contributed by atoms with E-state index < -0.39 is 0 Å². The van der Waals surface area contributed by atoms with Gasteiger partial charge in [-0.15, -0.1) is 0 Å². The maximum absolute atomic E-state index is 12.3. The first-order chi connectivity index (χ1) is 8.54. The Bertz CT molecular complexity index is 434. The second-order valence-electron chi connectivity index (χ2n) is 4.56. The van der Waals surface area contributed by atoms with E-state index in [9.17, 15) is 4.79 Å². The van der Waals surface area contributed by atoms with Crippen LogP contribution in [-0.2, 0) is 0 Å². The molecule has 0 unspecified atom stereocenters. The number of carbonyl (C=O) groups is 1. The first-order valence-electron chi connectivity index (χ1n) is 5.96. The predicted molar refractivity (Wildman–Crippen MR) is 80.1 cm³/mol. The van der Waals surface area contributed by atoms with Crippen LogP contribution < -0.4 is 0 Å². The van der Waals surface area contributed by atoms with Crippen molar-refractivity contribution >= 4 is 28.5 Å². The van der Waals surface area contributed by atoms with E-state index in [1.165, 1.54) is 0 Å². The summed E-state index contributed by atoms with van der Waals surface area (Å²) in [7, 11) is 0. The van der Waals surface area contributed by atoms with Gasteiger partial charge >= 0.3 is 0 Å². The molecule has 0 saturated heterocycles. The molecule has 0 aliphatic heterocycles. The molecular weight excluding hydrogens is 339 g/mol. The lowest BCUT2D eigenvalue weighted by Crippen LogP contribution is -2.35. The van der Waals surface area contributed by atoms with Gasteiger partial charge in [0.15, 0.2) is 0 Å². The minimum Gasteiger partial charge on any atom is -0.337 e. The fourth-order valence-corrected chi connectivity index (χ4v) is 2.04. The van der Waals surface area contributed by atoms with Gasteiger partial charge in [0, 0.05) is 22.2 Å². The van der Waals surface area contributed by atoms with Crippen LogP contribution in [0.5, 0.6) is 0 Å². The van der Waals surface area contributed by atoms with Crippen LogP contribution in [0.1, 0.15) is 30.6 Å². The fraction of sp³-hybridized carbons (Fsp3) is 0.429. The molecule has 1 aromatic rings. The van der Waals surface area contributed by atoms with Gasteiger partial charge in [-0.05, 0) is 52.8 Å². The van der Waals surface area contributed by atoms with Crippen LogP contribution in [0.25, 0.3) is 0 Å². The van der Waals surface area contributed by atoms with Gasteiger partial charge in [-0.3, -0.25) is 4.79 Å². The molecule has 0 bridgehead atoms. The third-order valence-corrected chi connectivity index (χ3v) is 3.18. The minimum absolute atomic E-state index is 0.00958. The van der Waals surface area contributed by atoms with Crippen molar-refractivity contribution < 1.29 is 4.79 Å². The van der Waals surface area contributed by atoms with Gasteiger partial charge in [-0.1, -0.05) is 13.8 Å². The Labute approximate surface area is 122 Å². The lowest BCUT2D eigenvalue weighted by molar-refractivity contribution is 0.0740. The van der Waals surface area contributed by atoms with Gasteiger partial charge in [0.25, 0.3) is 5.91 Å². The number of hydrogen-bond acceptors (Lipinski definition) is 2. The number of nitrogens with zero attached hydrogens (tertiary/aromatic N) is 2. The van der Waals surface area contributed by atoms with E-state index in [4.69, 9.17) is 5.26 Å². The van der Waals surface area contributed by atoms with Crippen molar-refractivity contribution in [2.24, 2.45) is 5.92 Å². The summed E-state index contributed by atoms with van der Waals surface area (Å²) < 4.78 is 1.11. The highest BCUT2D eigenvalue weighted by Gasteiger charge is 2.16. The summed E-state index contributed by atoms with van der Waals surface area (Å²) in [5.74, 6) is 0.409. The molecule has 1 aromatic carbocycles. The molecule has 0 atom stereocenters. The van der Waals surface area contributed by atoms with Gasteiger partial charge in [0.05, 0.1) is 12.5 Å². The minimum atomic E-state index is 0.00958. The first kappa shape index (κ1) is 15.0. The summed E-state index contributed by atoms with van der Waals surface area (Å²) in [6.07, 6.45) is 0.378. The third-order valence-electron chi connectivity index (χ3n) is 2.46. The molecule has 0 aromatic heterocycles. The smallest absolute Gasteiger partial charge is 0.253 e. The van der Waals surface area contributed by atoms with Crippen LogP contribution in [0.2, 0.25) is 0 Å². The normalized spacial score (nSPS) is 10.2. The summed E-state index contributed by atoms with van der Waals surface area (Å²) in [5.41, 5.74) is 0.689. The van der Waals surface area contributed by atoms with Crippen molar-refractivity contribution in [3.05, 3.63) is 33.4 Å². The van der Waals surface area contributed by atoms with Gasteiger partial charge in [-0.2, -0.15) is 5.26 Å². The molecule has 0 N–H and O–H groups in total. The van der Waals surface area contributed by atoms with Crippen molar-refractivity contribution in [2.75, 3.05) is 13.1 Å². The number of halogens is 1. The molecule has 3 nitrogen and oxygen atoms in total. The number of amides is 1. The van der Waals surface area contributed by atoms with Crippen LogP contribution in [0.15, 0.2) is 24.3 Å². The Morgan fingerprint density at radius 1 is 1.39 bits per heavy atom. The van der Waals surface area contributed by atoms with Crippen LogP contribution in [-0.4, -0.2) is 23.9 Å². The van der Waals surface area contributed by atoms with E-state index in [2.05, 4.69) is 42.5 Å². The van der Waals surface area contributed by atoms with Crippen molar-refractivity contribution in [1.29, 1.82) is 5.26 Å². The monoisotopic (exact) mass is 356 g/mol. The average molecular weight is 356 g/mol. The summed E-state index contributed by atoms with van der Waals surface area (Å²) in [4.78, 5) is 14.1. The largest absolute Gasteiger partial charge is 0.337 e. The molecule has 0 spiro atoms. The highest BCUT2D eigenvalue weighted by Crippen LogP contribution is 2.11. The van der Waals surface area contributed by atoms with Gasteiger partial charge in [0.1, 0.15) is 0 Å². The topological polar surface area (TPSA) is 44.1 Å². The van der Waals surface area contributed by atoms with Crippen LogP contribution >= 0.6 is 22.6 Å². The molecule has 0 heterocycles. The summed E-state index contributed by atoms with van der Waals surface area (Å²) >= 11 is 2.21. The van der Waals surface area contributed by atoms with E-state index in [-0.39, 0.29) is 5.91 Å². The molecule has 0 fully saturated rings. The number of hydrogen-bond donors (Lipinski definition) is 0. The maximum Gasteiger partial charge on any atom is 0.253 e. The van der Waals surface area contributed by atoms with E-state index in [0.717, 1.165) is 3.57 Å². The van der Waals surface area contributed by atoms with E-state index in [1.54, 1.807) is 4.90 Å². The molecule has 0 aliphatic carbocycles. The molecule has 4 heteroatoms. The van der Waals surface area contributed by atoms with Gasteiger partial charge in [0.2, 0.25) is 0 Å². The highest BCUT2D eigenvalue weighted by atomic mass is 127. The molecule has 1 rings (SSSR count). The molecule has 0 radical (unpaired) electrons. The zero-order valence-electron chi connectivity index (χ0n) is 10.7. The molecular formula is C14H17IN2O. The van der Waals surface area contributed by atoms with Gasteiger partial charge < -0.3 is 4.90 Å². The summed E-state index contributed by atoms with van der Waals surface area (Å²) in [5, 5.41) is 8.65. The van der Waals surface area contributed by atoms with Crippen molar-refractivity contribution in [2.45, 2.75) is 20.3 Å². The van der Waals surface area contributed by atoms with Gasteiger partial charge in [-0.25, -0.2) is 0 Å². The Morgan fingerprint density at radius 2 is 2.00 bits per heavy atom. The zero-order valence-corrected chi connectivity index (χ0v) is 12.8. The lowest BCUT2D eigenvalue weighted by atomic mass is 10.1. The van der Waals surface area contributed by atoms with Crippen molar-refractivity contribution in [3.63, 3.8) is 0 Å². The Kier molecular flexibility index (Phi) is 6.13. The molecule has 18 heavy (non-hydrogen) atoms. The number of nitriles is 1. The maximum atomic E-state index is 12.3. The SMILES string of the molecule is CC(C)CN(CCC#N)C(=O)c1ccc(I)cc1. The van der Waals surface area contributed by atoms with Crippen molar-refractivity contribution in [1.82, 2.24) is 4.90 Å². The quantitative estimate of drug-likeness (QED) is 0.760. The second-order valence-corrected chi connectivity index (χ2v) is 5.81. The van der Waals surface area contributed by atoms with E-state index >= 15 is 0 Å². The second kappa shape index (κ2) is 7.37. The molecule has 0 aliphatic rings. The first-order valence-corrected chi connectivity index (χ1v) is 7.04. The number of carbonyl (C=O) groups excluding carboxylic acids is 1. The Morgan fingerprint density at radius 3 is 2.50 bits per heavy atom.